The standard InChI is InChI=1S/C12H13F3N2OS/c13-12(14,15)4-2-6-17-11(18)9-7-10(19-8-9)3-1-5-16/h7-8H,2,4-6,16H2,(H,17,18). The smallest absolute Gasteiger partial charge is 0.352 e. The molecule has 1 amide bonds. The molecular formula is C12H13F3N2OS. The predicted molar refractivity (Wildman–Crippen MR) is 67.9 cm³/mol. The lowest BCUT2D eigenvalue weighted by Crippen LogP contribution is -2.25. The number of nitrogens with two attached hydrogens (primary N) is 1. The van der Waals surface area contributed by atoms with Crippen LogP contribution >= 0.6 is 11.3 Å². The van der Waals surface area contributed by atoms with E-state index in [1.165, 1.54) is 11.3 Å². The summed E-state index contributed by atoms with van der Waals surface area (Å²) < 4.78 is 35.7. The fourth-order valence-corrected chi connectivity index (χ4v) is 2.01. The minimum Gasteiger partial charge on any atom is -0.352 e. The minimum absolute atomic E-state index is 0.00198. The second-order valence-corrected chi connectivity index (χ2v) is 4.59. The van der Waals surface area contributed by atoms with Crippen LogP contribution in [-0.2, 0) is 0 Å². The Kier molecular flexibility index (Phi) is 5.86. The Balaban J connectivity index is 2.39. The molecule has 3 N–H and O–H groups in total. The molecule has 0 aliphatic carbocycles. The molecule has 0 aromatic carbocycles. The van der Waals surface area contributed by atoms with Gasteiger partial charge in [0.2, 0.25) is 0 Å². The highest BCUT2D eigenvalue weighted by Gasteiger charge is 2.26. The van der Waals surface area contributed by atoms with Gasteiger partial charge in [0.05, 0.1) is 17.0 Å². The van der Waals surface area contributed by atoms with Crippen molar-refractivity contribution in [2.75, 3.05) is 13.1 Å². The Morgan fingerprint density at radius 1 is 1.47 bits per heavy atom. The number of thiophene rings is 1. The van der Waals surface area contributed by atoms with Crippen LogP contribution in [0.25, 0.3) is 0 Å². The van der Waals surface area contributed by atoms with Gasteiger partial charge in [-0.3, -0.25) is 4.79 Å². The Bertz CT molecular complexity index is 485. The highest BCUT2D eigenvalue weighted by molar-refractivity contribution is 7.10. The lowest BCUT2D eigenvalue weighted by Gasteiger charge is -2.06. The van der Waals surface area contributed by atoms with E-state index >= 15 is 0 Å². The zero-order chi connectivity index (χ0) is 14.3. The third-order valence-corrected chi connectivity index (χ3v) is 2.94. The average Bonchev–Trinajstić information content (AvgIpc) is 2.79. The summed E-state index contributed by atoms with van der Waals surface area (Å²) in [4.78, 5) is 12.3. The first-order valence-corrected chi connectivity index (χ1v) is 6.43. The van der Waals surface area contributed by atoms with Crippen molar-refractivity contribution in [1.82, 2.24) is 5.32 Å². The van der Waals surface area contributed by atoms with E-state index in [1.54, 1.807) is 11.4 Å². The van der Waals surface area contributed by atoms with Crippen molar-refractivity contribution in [2.45, 2.75) is 19.0 Å². The Hall–Kier alpha value is -1.52. The maximum Gasteiger partial charge on any atom is 0.389 e. The van der Waals surface area contributed by atoms with Gasteiger partial charge in [0, 0.05) is 18.3 Å². The molecule has 104 valence electrons. The van der Waals surface area contributed by atoms with Crippen LogP contribution in [0.4, 0.5) is 13.2 Å². The Morgan fingerprint density at radius 3 is 2.84 bits per heavy atom. The number of hydrogen-bond acceptors (Lipinski definition) is 3. The molecule has 19 heavy (non-hydrogen) atoms. The third-order valence-electron chi connectivity index (χ3n) is 2.10. The van der Waals surface area contributed by atoms with Gasteiger partial charge in [-0.05, 0) is 12.5 Å². The minimum atomic E-state index is -4.18. The molecule has 0 spiro atoms. The highest BCUT2D eigenvalue weighted by Crippen LogP contribution is 2.20. The second-order valence-electron chi connectivity index (χ2n) is 3.68. The molecule has 0 bridgehead atoms. The number of halogens is 3. The number of nitrogens with one attached hydrogen (secondary N) is 1. The first kappa shape index (κ1) is 15.5. The molecule has 0 radical (unpaired) electrons. The van der Waals surface area contributed by atoms with Crippen molar-refractivity contribution in [3.8, 4) is 11.8 Å². The number of carbonyl (C=O) groups excluding carboxylic acids is 1. The number of alkyl halides is 3. The van der Waals surface area contributed by atoms with Crippen LogP contribution in [0.15, 0.2) is 11.4 Å². The topological polar surface area (TPSA) is 55.1 Å². The van der Waals surface area contributed by atoms with Crippen LogP contribution < -0.4 is 11.1 Å². The van der Waals surface area contributed by atoms with Crippen LogP contribution in [-0.4, -0.2) is 25.2 Å². The monoisotopic (exact) mass is 290 g/mol. The lowest BCUT2D eigenvalue weighted by molar-refractivity contribution is -0.135. The van der Waals surface area contributed by atoms with Crippen molar-refractivity contribution in [3.63, 3.8) is 0 Å². The van der Waals surface area contributed by atoms with E-state index in [0.29, 0.717) is 10.4 Å². The fraction of sp³-hybridized carbons (Fsp3) is 0.417. The van der Waals surface area contributed by atoms with Gasteiger partial charge in [0.1, 0.15) is 0 Å². The van der Waals surface area contributed by atoms with Gasteiger partial charge in [-0.2, -0.15) is 13.2 Å². The molecule has 0 atom stereocenters. The summed E-state index contributed by atoms with van der Waals surface area (Å²) in [7, 11) is 0. The first-order chi connectivity index (χ1) is 8.92. The fourth-order valence-electron chi connectivity index (χ4n) is 1.25. The zero-order valence-corrected chi connectivity index (χ0v) is 10.8. The van der Waals surface area contributed by atoms with E-state index in [4.69, 9.17) is 5.73 Å². The SMILES string of the molecule is NCC#Cc1cc(C(=O)NCCCC(F)(F)F)cs1. The van der Waals surface area contributed by atoms with Crippen LogP contribution in [0.5, 0.6) is 0 Å². The molecule has 0 fully saturated rings. The molecule has 3 nitrogen and oxygen atoms in total. The molecule has 1 heterocycles. The van der Waals surface area contributed by atoms with Gasteiger partial charge in [0.25, 0.3) is 5.91 Å². The Labute approximate surface area is 113 Å². The maximum absolute atomic E-state index is 11.9. The summed E-state index contributed by atoms with van der Waals surface area (Å²) in [6.45, 7) is 0.231. The van der Waals surface area contributed by atoms with Gasteiger partial charge >= 0.3 is 6.18 Å². The number of amides is 1. The largest absolute Gasteiger partial charge is 0.389 e. The third kappa shape index (κ3) is 6.27. The molecule has 7 heteroatoms. The van der Waals surface area contributed by atoms with Gasteiger partial charge in [0.15, 0.2) is 0 Å². The summed E-state index contributed by atoms with van der Waals surface area (Å²) in [5, 5.41) is 4.05. The summed E-state index contributed by atoms with van der Waals surface area (Å²) in [6, 6.07) is 1.59. The summed E-state index contributed by atoms with van der Waals surface area (Å²) >= 11 is 1.29. The van der Waals surface area contributed by atoms with Crippen molar-refractivity contribution in [1.29, 1.82) is 0 Å². The number of hydrogen-bond donors (Lipinski definition) is 2. The van der Waals surface area contributed by atoms with Crippen molar-refractivity contribution in [3.05, 3.63) is 21.9 Å². The lowest BCUT2D eigenvalue weighted by atomic mass is 10.2. The average molecular weight is 290 g/mol. The predicted octanol–water partition coefficient (Wildman–Crippen LogP) is 2.13. The first-order valence-electron chi connectivity index (χ1n) is 5.55. The van der Waals surface area contributed by atoms with Crippen LogP contribution in [0.2, 0.25) is 0 Å². The molecule has 0 saturated carbocycles. The van der Waals surface area contributed by atoms with Gasteiger partial charge in [-0.1, -0.05) is 11.8 Å². The summed E-state index contributed by atoms with van der Waals surface area (Å²) in [5.74, 6) is 5.05. The molecule has 0 saturated heterocycles. The van der Waals surface area contributed by atoms with Crippen molar-refractivity contribution in [2.24, 2.45) is 5.73 Å². The van der Waals surface area contributed by atoms with Gasteiger partial charge in [-0.25, -0.2) is 0 Å². The normalized spacial score (nSPS) is 10.7. The highest BCUT2D eigenvalue weighted by atomic mass is 32.1. The maximum atomic E-state index is 11.9. The van der Waals surface area contributed by atoms with E-state index in [-0.39, 0.29) is 25.4 Å². The number of carbonyl (C=O) groups is 1. The van der Waals surface area contributed by atoms with Crippen LogP contribution in [0.3, 0.4) is 0 Å². The molecule has 0 unspecified atom stereocenters. The Morgan fingerprint density at radius 2 is 2.21 bits per heavy atom. The van der Waals surface area contributed by atoms with Gasteiger partial charge < -0.3 is 11.1 Å². The van der Waals surface area contributed by atoms with Crippen molar-refractivity contribution < 1.29 is 18.0 Å². The van der Waals surface area contributed by atoms with Crippen LogP contribution in [0.1, 0.15) is 28.1 Å². The van der Waals surface area contributed by atoms with E-state index < -0.39 is 12.6 Å². The molecule has 0 aliphatic heterocycles. The van der Waals surface area contributed by atoms with E-state index in [1.807, 2.05) is 0 Å². The zero-order valence-electron chi connectivity index (χ0n) is 10.0. The van der Waals surface area contributed by atoms with Gasteiger partial charge in [-0.15, -0.1) is 11.3 Å². The number of rotatable bonds is 4. The molecule has 1 aromatic rings. The van der Waals surface area contributed by atoms with Crippen molar-refractivity contribution >= 4 is 17.2 Å². The second kappa shape index (κ2) is 7.16. The van der Waals surface area contributed by atoms with E-state index in [2.05, 4.69) is 17.2 Å². The van der Waals surface area contributed by atoms with E-state index in [9.17, 15) is 18.0 Å². The molecular weight excluding hydrogens is 277 g/mol. The molecule has 1 rings (SSSR count). The quantitative estimate of drug-likeness (QED) is 0.659. The summed E-state index contributed by atoms with van der Waals surface area (Å²) in [6.07, 6.45) is -5.21. The molecule has 1 aromatic heterocycles. The van der Waals surface area contributed by atoms with E-state index in [0.717, 1.165) is 0 Å². The van der Waals surface area contributed by atoms with Crippen LogP contribution in [0, 0.1) is 11.8 Å². The molecule has 0 aliphatic rings. The summed E-state index contributed by atoms with van der Waals surface area (Å²) in [5.41, 5.74) is 5.62.